The predicted octanol–water partition coefficient (Wildman–Crippen LogP) is 5.07. The third-order valence-electron chi connectivity index (χ3n) is 4.52. The van der Waals surface area contributed by atoms with Crippen LogP contribution in [0, 0.1) is 0 Å². The Morgan fingerprint density at radius 1 is 1.03 bits per heavy atom. The van der Waals surface area contributed by atoms with E-state index >= 15 is 0 Å². The molecule has 0 saturated carbocycles. The normalized spacial score (nSPS) is 10.6. The smallest absolute Gasteiger partial charge is 0.307 e. The van der Waals surface area contributed by atoms with Crippen molar-refractivity contribution >= 4 is 23.4 Å². The number of aliphatic carboxylic acids is 1. The van der Waals surface area contributed by atoms with Crippen molar-refractivity contribution in [2.75, 3.05) is 13.2 Å². The van der Waals surface area contributed by atoms with Gasteiger partial charge >= 0.3 is 5.97 Å². The summed E-state index contributed by atoms with van der Waals surface area (Å²) in [5.74, 6) is 0.0273. The number of rotatable bonds is 12. The highest BCUT2D eigenvalue weighted by molar-refractivity contribution is 6.32. The van der Waals surface area contributed by atoms with Gasteiger partial charge in [0.2, 0.25) is 0 Å². The van der Waals surface area contributed by atoms with E-state index in [1.54, 1.807) is 30.3 Å². The van der Waals surface area contributed by atoms with E-state index in [4.69, 9.17) is 26.2 Å². The maximum atomic E-state index is 11.6. The third kappa shape index (κ3) is 6.66. The maximum absolute atomic E-state index is 11.6. The van der Waals surface area contributed by atoms with E-state index in [9.17, 15) is 14.7 Å². The van der Waals surface area contributed by atoms with Crippen molar-refractivity contribution in [1.82, 2.24) is 0 Å². The minimum absolute atomic E-state index is 0.00571. The molecule has 0 fully saturated rings. The summed E-state index contributed by atoms with van der Waals surface area (Å²) in [6, 6.07) is 8.28. The number of hydrogen-bond acceptors (Lipinski definition) is 5. The van der Waals surface area contributed by atoms with Gasteiger partial charge in [-0.15, -0.1) is 0 Å². The lowest BCUT2D eigenvalue weighted by Crippen LogP contribution is -2.06. The molecule has 0 bridgehead atoms. The topological polar surface area (TPSA) is 93.1 Å². The molecule has 30 heavy (non-hydrogen) atoms. The van der Waals surface area contributed by atoms with Gasteiger partial charge in [-0.3, -0.25) is 9.59 Å². The molecule has 0 saturated heterocycles. The van der Waals surface area contributed by atoms with Crippen molar-refractivity contribution in [3.8, 4) is 17.2 Å². The predicted molar refractivity (Wildman–Crippen MR) is 115 cm³/mol. The fraction of sp³-hybridized carbons (Fsp3) is 0.391. The molecule has 7 heteroatoms. The van der Waals surface area contributed by atoms with Gasteiger partial charge in [-0.25, -0.2) is 0 Å². The van der Waals surface area contributed by atoms with E-state index in [1.165, 1.54) is 6.92 Å². The van der Waals surface area contributed by atoms with Crippen molar-refractivity contribution < 1.29 is 29.3 Å². The summed E-state index contributed by atoms with van der Waals surface area (Å²) in [6.45, 7) is 4.32. The Bertz CT molecular complexity index is 894. The second kappa shape index (κ2) is 11.5. The first-order valence-corrected chi connectivity index (χ1v) is 10.3. The molecule has 2 aromatic carbocycles. The van der Waals surface area contributed by atoms with Gasteiger partial charge in [-0.2, -0.15) is 0 Å². The van der Waals surface area contributed by atoms with Crippen LogP contribution in [0.25, 0.3) is 0 Å². The quantitative estimate of drug-likeness (QED) is 0.358. The number of phenolic OH excluding ortho intramolecular Hbond substituents is 1. The molecular formula is C23H27ClO6. The molecule has 162 valence electrons. The number of carbonyl (C=O) groups excluding carboxylic acids is 1. The van der Waals surface area contributed by atoms with Gasteiger partial charge in [0.15, 0.2) is 5.78 Å². The van der Waals surface area contributed by atoms with Crippen molar-refractivity contribution in [1.29, 1.82) is 0 Å². The average molecular weight is 435 g/mol. The number of carboxylic acid groups (broad SMARTS) is 1. The van der Waals surface area contributed by atoms with Gasteiger partial charge in [0.05, 0.1) is 30.2 Å². The number of ether oxygens (including phenoxy) is 2. The molecule has 0 aromatic heterocycles. The van der Waals surface area contributed by atoms with E-state index in [0.717, 1.165) is 19.3 Å². The Labute approximate surface area is 181 Å². The van der Waals surface area contributed by atoms with Crippen LogP contribution in [-0.4, -0.2) is 35.2 Å². The number of hydrogen-bond donors (Lipinski definition) is 2. The summed E-state index contributed by atoms with van der Waals surface area (Å²) < 4.78 is 11.5. The molecule has 0 atom stereocenters. The number of halogens is 1. The molecular weight excluding hydrogens is 408 g/mol. The van der Waals surface area contributed by atoms with E-state index in [2.05, 4.69) is 0 Å². The third-order valence-corrected chi connectivity index (χ3v) is 4.82. The van der Waals surface area contributed by atoms with Crippen molar-refractivity contribution in [2.45, 2.75) is 46.0 Å². The Morgan fingerprint density at radius 3 is 2.23 bits per heavy atom. The first-order valence-electron chi connectivity index (χ1n) is 9.95. The molecule has 0 heterocycles. The molecule has 0 aliphatic rings. The summed E-state index contributed by atoms with van der Waals surface area (Å²) in [4.78, 5) is 22.4. The highest BCUT2D eigenvalue weighted by atomic mass is 35.5. The van der Waals surface area contributed by atoms with Crippen LogP contribution in [0.1, 0.15) is 54.6 Å². The number of aromatic hydroxyl groups is 1. The highest BCUT2D eigenvalue weighted by Crippen LogP contribution is 2.33. The van der Waals surface area contributed by atoms with Crippen LogP contribution >= 0.6 is 11.6 Å². The van der Waals surface area contributed by atoms with Gasteiger partial charge in [-0.05, 0) is 56.0 Å². The van der Waals surface area contributed by atoms with Crippen LogP contribution in [0.2, 0.25) is 5.02 Å². The minimum atomic E-state index is -0.911. The number of ketones is 1. The molecule has 6 nitrogen and oxygen atoms in total. The maximum Gasteiger partial charge on any atom is 0.307 e. The molecule has 0 amide bonds. The first-order chi connectivity index (χ1) is 14.3. The molecule has 2 rings (SSSR count). The number of Topliss-reactive ketones (excluding diaryl/α,β-unsaturated/α-hetero) is 1. The summed E-state index contributed by atoms with van der Waals surface area (Å²) >= 11 is 6.14. The number of carbonyl (C=O) groups is 2. The lowest BCUT2D eigenvalue weighted by molar-refractivity contribution is -0.136. The van der Waals surface area contributed by atoms with Gasteiger partial charge in [-0.1, -0.05) is 31.0 Å². The number of unbranched alkanes of at least 4 members (excludes halogenated alkanes) is 1. The first kappa shape index (κ1) is 23.5. The number of phenols is 1. The summed E-state index contributed by atoms with van der Waals surface area (Å²) in [5.41, 5.74) is 1.59. The SMILES string of the molecule is CCCc1c(OCCCCOc2ccc(CC(=O)O)cc2Cl)ccc(C(C)=O)c1O. The summed E-state index contributed by atoms with van der Waals surface area (Å²) in [5, 5.41) is 19.6. The standard InChI is InChI=1S/C23H27ClO6/c1-3-6-18-20(10-8-17(15(2)25)23(18)28)29-11-4-5-12-30-21-9-7-16(13-19(21)24)14-22(26)27/h7-10,13,28H,3-6,11-12,14H2,1-2H3,(H,26,27). The van der Waals surface area contributed by atoms with Crippen LogP contribution in [0.3, 0.4) is 0 Å². The molecule has 2 aromatic rings. The monoisotopic (exact) mass is 434 g/mol. The largest absolute Gasteiger partial charge is 0.507 e. The Balaban J connectivity index is 1.82. The van der Waals surface area contributed by atoms with Gasteiger partial charge in [0.25, 0.3) is 0 Å². The van der Waals surface area contributed by atoms with Crippen molar-refractivity contribution in [3.05, 3.63) is 52.0 Å². The van der Waals surface area contributed by atoms with Crippen LogP contribution < -0.4 is 9.47 Å². The second-order valence-electron chi connectivity index (χ2n) is 6.98. The van der Waals surface area contributed by atoms with Gasteiger partial charge in [0, 0.05) is 5.56 Å². The summed E-state index contributed by atoms with van der Waals surface area (Å²) in [6.07, 6.45) is 2.83. The Kier molecular flexibility index (Phi) is 8.99. The molecule has 0 aliphatic carbocycles. The molecule has 0 spiro atoms. The lowest BCUT2D eigenvalue weighted by Gasteiger charge is -2.15. The van der Waals surface area contributed by atoms with Crippen molar-refractivity contribution in [3.63, 3.8) is 0 Å². The molecule has 0 aliphatic heterocycles. The van der Waals surface area contributed by atoms with Gasteiger partial charge in [0.1, 0.15) is 17.2 Å². The average Bonchev–Trinajstić information content (AvgIpc) is 2.67. The van der Waals surface area contributed by atoms with Crippen LogP contribution in [0.15, 0.2) is 30.3 Å². The number of carboxylic acids is 1. The zero-order valence-corrected chi connectivity index (χ0v) is 18.0. The molecule has 0 unspecified atom stereocenters. The Morgan fingerprint density at radius 2 is 1.67 bits per heavy atom. The highest BCUT2D eigenvalue weighted by Gasteiger charge is 2.15. The Hall–Kier alpha value is -2.73. The zero-order chi connectivity index (χ0) is 22.1. The van der Waals surface area contributed by atoms with Gasteiger partial charge < -0.3 is 19.7 Å². The lowest BCUT2D eigenvalue weighted by atomic mass is 10.0. The van der Waals surface area contributed by atoms with E-state index in [0.29, 0.717) is 52.8 Å². The fourth-order valence-corrected chi connectivity index (χ4v) is 3.30. The molecule has 2 N–H and O–H groups in total. The van der Waals surface area contributed by atoms with E-state index in [-0.39, 0.29) is 18.0 Å². The summed E-state index contributed by atoms with van der Waals surface area (Å²) in [7, 11) is 0. The van der Waals surface area contributed by atoms with Crippen molar-refractivity contribution in [2.24, 2.45) is 0 Å². The van der Waals surface area contributed by atoms with Crippen LogP contribution in [0.4, 0.5) is 0 Å². The zero-order valence-electron chi connectivity index (χ0n) is 17.2. The second-order valence-corrected chi connectivity index (χ2v) is 7.39. The van der Waals surface area contributed by atoms with Crippen LogP contribution in [0.5, 0.6) is 17.2 Å². The molecule has 0 radical (unpaired) electrons. The van der Waals surface area contributed by atoms with E-state index < -0.39 is 5.97 Å². The minimum Gasteiger partial charge on any atom is -0.507 e. The fourth-order valence-electron chi connectivity index (χ4n) is 3.04. The van der Waals surface area contributed by atoms with Crippen LogP contribution in [-0.2, 0) is 17.6 Å². The van der Waals surface area contributed by atoms with E-state index in [1.807, 2.05) is 6.92 Å². The number of benzene rings is 2.